The molecule has 0 radical (unpaired) electrons. The first-order valence-electron chi connectivity index (χ1n) is 9.32. The zero-order valence-electron chi connectivity index (χ0n) is 17.3. The van der Waals surface area contributed by atoms with Crippen LogP contribution in [-0.2, 0) is 11.3 Å². The number of carbonyl (C=O) groups is 1. The van der Waals surface area contributed by atoms with Crippen molar-refractivity contribution in [3.05, 3.63) is 59.5 Å². The van der Waals surface area contributed by atoms with Gasteiger partial charge < -0.3 is 18.9 Å². The van der Waals surface area contributed by atoms with Crippen molar-refractivity contribution < 1.29 is 18.8 Å². The van der Waals surface area contributed by atoms with Crippen molar-refractivity contribution in [2.45, 2.75) is 33.4 Å². The van der Waals surface area contributed by atoms with Gasteiger partial charge in [-0.15, -0.1) is 0 Å². The van der Waals surface area contributed by atoms with E-state index in [0.29, 0.717) is 17.5 Å². The first-order valence-corrected chi connectivity index (χ1v) is 9.32. The Morgan fingerprint density at radius 3 is 2.38 bits per heavy atom. The van der Waals surface area contributed by atoms with Crippen LogP contribution in [0.2, 0.25) is 0 Å². The number of amides is 1. The zero-order valence-corrected chi connectivity index (χ0v) is 17.3. The van der Waals surface area contributed by atoms with Crippen LogP contribution < -0.4 is 9.47 Å². The second kappa shape index (κ2) is 8.77. The molecule has 0 saturated heterocycles. The van der Waals surface area contributed by atoms with E-state index in [1.165, 1.54) is 4.90 Å². The summed E-state index contributed by atoms with van der Waals surface area (Å²) < 4.78 is 16.3. The Bertz CT molecular complexity index is 962. The number of hydrogen-bond acceptors (Lipinski definition) is 6. The molecule has 3 rings (SSSR count). The number of likely N-dealkylation sites (N-methyl/N-ethyl adjacent to an activating group) is 1. The summed E-state index contributed by atoms with van der Waals surface area (Å²) in [5, 5.41) is 3.99. The third-order valence-electron chi connectivity index (χ3n) is 4.42. The van der Waals surface area contributed by atoms with Gasteiger partial charge in [0.1, 0.15) is 11.5 Å². The summed E-state index contributed by atoms with van der Waals surface area (Å²) >= 11 is 0. The van der Waals surface area contributed by atoms with Crippen LogP contribution in [0.3, 0.4) is 0 Å². The first kappa shape index (κ1) is 20.4. The molecule has 29 heavy (non-hydrogen) atoms. The van der Waals surface area contributed by atoms with Gasteiger partial charge in [-0.2, -0.15) is 4.98 Å². The van der Waals surface area contributed by atoms with E-state index in [4.69, 9.17) is 14.0 Å². The van der Waals surface area contributed by atoms with Crippen LogP contribution in [0.4, 0.5) is 0 Å². The van der Waals surface area contributed by atoms with Gasteiger partial charge in [-0.1, -0.05) is 11.2 Å². The lowest BCUT2D eigenvalue weighted by Gasteiger charge is -2.21. The molecule has 7 nitrogen and oxygen atoms in total. The van der Waals surface area contributed by atoms with E-state index < -0.39 is 6.10 Å². The third-order valence-corrected chi connectivity index (χ3v) is 4.42. The molecule has 1 unspecified atom stereocenters. The largest absolute Gasteiger partial charge is 0.497 e. The molecule has 2 aromatic carbocycles. The van der Waals surface area contributed by atoms with E-state index in [-0.39, 0.29) is 12.5 Å². The predicted molar refractivity (Wildman–Crippen MR) is 109 cm³/mol. The monoisotopic (exact) mass is 395 g/mol. The second-order valence-corrected chi connectivity index (χ2v) is 7.02. The van der Waals surface area contributed by atoms with Crippen molar-refractivity contribution >= 4 is 5.91 Å². The van der Waals surface area contributed by atoms with Gasteiger partial charge in [-0.25, -0.2) is 0 Å². The molecule has 0 N–H and O–H groups in total. The Hall–Kier alpha value is -3.35. The molecular weight excluding hydrogens is 370 g/mol. The van der Waals surface area contributed by atoms with Crippen molar-refractivity contribution in [3.8, 4) is 22.9 Å². The van der Waals surface area contributed by atoms with Gasteiger partial charge in [-0.3, -0.25) is 4.79 Å². The molecule has 1 atom stereocenters. The lowest BCUT2D eigenvalue weighted by molar-refractivity contribution is -0.137. The molecule has 0 saturated carbocycles. The number of carbonyl (C=O) groups excluding carboxylic acids is 1. The van der Waals surface area contributed by atoms with Crippen LogP contribution in [0.5, 0.6) is 11.5 Å². The van der Waals surface area contributed by atoms with E-state index in [9.17, 15) is 4.79 Å². The van der Waals surface area contributed by atoms with Crippen molar-refractivity contribution in [3.63, 3.8) is 0 Å². The Morgan fingerprint density at radius 2 is 1.76 bits per heavy atom. The van der Waals surface area contributed by atoms with Gasteiger partial charge >= 0.3 is 0 Å². The molecule has 1 heterocycles. The number of aryl methyl sites for hydroxylation is 2. The highest BCUT2D eigenvalue weighted by molar-refractivity contribution is 5.80. The predicted octanol–water partition coefficient (Wildman–Crippen LogP) is 3.79. The molecule has 0 aliphatic carbocycles. The Kier molecular flexibility index (Phi) is 6.16. The van der Waals surface area contributed by atoms with Gasteiger partial charge in [0, 0.05) is 12.6 Å². The smallest absolute Gasteiger partial charge is 0.263 e. The minimum Gasteiger partial charge on any atom is -0.497 e. The highest BCUT2D eigenvalue weighted by Gasteiger charge is 2.21. The van der Waals surface area contributed by atoms with E-state index in [1.54, 1.807) is 21.1 Å². The number of benzene rings is 2. The highest BCUT2D eigenvalue weighted by Crippen LogP contribution is 2.21. The molecular formula is C22H25N3O4. The molecule has 0 aliphatic heterocycles. The summed E-state index contributed by atoms with van der Waals surface area (Å²) in [6.45, 7) is 5.92. The summed E-state index contributed by atoms with van der Waals surface area (Å²) in [6.07, 6.45) is -0.634. The molecule has 152 valence electrons. The van der Waals surface area contributed by atoms with E-state index in [2.05, 4.69) is 16.2 Å². The first-order chi connectivity index (χ1) is 13.9. The standard InChI is InChI=1S/C22H25N3O4/c1-14-10-15(2)12-19(11-14)28-16(3)22(26)25(4)13-20-23-21(24-29-20)17-6-8-18(27-5)9-7-17/h6-12,16H,13H2,1-5H3. The molecule has 1 aromatic heterocycles. The van der Waals surface area contributed by atoms with Crippen LogP contribution >= 0.6 is 0 Å². The maximum atomic E-state index is 12.7. The number of rotatable bonds is 7. The normalized spacial score (nSPS) is 11.8. The summed E-state index contributed by atoms with van der Waals surface area (Å²) in [5.41, 5.74) is 2.98. The molecule has 7 heteroatoms. The van der Waals surface area contributed by atoms with Gasteiger partial charge in [0.05, 0.1) is 13.7 Å². The highest BCUT2D eigenvalue weighted by atomic mass is 16.5. The van der Waals surface area contributed by atoms with Crippen LogP contribution in [0.1, 0.15) is 23.9 Å². The fraction of sp³-hybridized carbons (Fsp3) is 0.318. The molecule has 0 fully saturated rings. The van der Waals surface area contributed by atoms with Gasteiger partial charge in [0.15, 0.2) is 6.10 Å². The van der Waals surface area contributed by atoms with Gasteiger partial charge in [-0.05, 0) is 68.3 Å². The van der Waals surface area contributed by atoms with Crippen LogP contribution in [0, 0.1) is 13.8 Å². The van der Waals surface area contributed by atoms with E-state index >= 15 is 0 Å². The van der Waals surface area contributed by atoms with Crippen LogP contribution in [0.15, 0.2) is 47.0 Å². The van der Waals surface area contributed by atoms with Gasteiger partial charge in [0.25, 0.3) is 5.91 Å². The van der Waals surface area contributed by atoms with Crippen LogP contribution in [0.25, 0.3) is 11.4 Å². The molecule has 1 amide bonds. The number of ether oxygens (including phenoxy) is 2. The Labute approximate surface area is 170 Å². The maximum absolute atomic E-state index is 12.7. The summed E-state index contributed by atoms with van der Waals surface area (Å²) in [6, 6.07) is 13.2. The van der Waals surface area contributed by atoms with Crippen molar-refractivity contribution in [1.82, 2.24) is 15.0 Å². The SMILES string of the molecule is COc1ccc(-c2noc(CN(C)C(=O)C(C)Oc3cc(C)cc(C)c3)n2)cc1. The van der Waals surface area contributed by atoms with Crippen molar-refractivity contribution in [1.29, 1.82) is 0 Å². The Morgan fingerprint density at radius 1 is 1.10 bits per heavy atom. The third kappa shape index (κ3) is 5.13. The zero-order chi connectivity index (χ0) is 21.0. The average molecular weight is 395 g/mol. The van der Waals surface area contributed by atoms with Crippen molar-refractivity contribution in [2.75, 3.05) is 14.2 Å². The summed E-state index contributed by atoms with van der Waals surface area (Å²) in [7, 11) is 3.29. The number of aromatic nitrogens is 2. The fourth-order valence-electron chi connectivity index (χ4n) is 3.02. The van der Waals surface area contributed by atoms with Crippen LogP contribution in [-0.4, -0.2) is 41.2 Å². The lowest BCUT2D eigenvalue weighted by Crippen LogP contribution is -2.37. The Balaban J connectivity index is 1.62. The number of nitrogens with zero attached hydrogens (tertiary/aromatic N) is 3. The summed E-state index contributed by atoms with van der Waals surface area (Å²) in [4.78, 5) is 18.6. The second-order valence-electron chi connectivity index (χ2n) is 7.02. The quantitative estimate of drug-likeness (QED) is 0.606. The number of methoxy groups -OCH3 is 1. The number of hydrogen-bond donors (Lipinski definition) is 0. The minimum atomic E-state index is -0.634. The average Bonchev–Trinajstić information content (AvgIpc) is 3.15. The van der Waals surface area contributed by atoms with Crippen molar-refractivity contribution in [2.24, 2.45) is 0 Å². The maximum Gasteiger partial charge on any atom is 0.263 e. The fourth-order valence-corrected chi connectivity index (χ4v) is 3.02. The topological polar surface area (TPSA) is 77.7 Å². The lowest BCUT2D eigenvalue weighted by atomic mass is 10.1. The van der Waals surface area contributed by atoms with E-state index in [0.717, 1.165) is 22.4 Å². The molecule has 0 bridgehead atoms. The summed E-state index contributed by atoms with van der Waals surface area (Å²) in [5.74, 6) is 2.07. The molecule has 0 spiro atoms. The molecule has 0 aliphatic rings. The van der Waals surface area contributed by atoms with Gasteiger partial charge in [0.2, 0.25) is 11.7 Å². The van der Waals surface area contributed by atoms with E-state index in [1.807, 2.05) is 50.2 Å². The molecule has 3 aromatic rings. The minimum absolute atomic E-state index is 0.173.